The van der Waals surface area contributed by atoms with Gasteiger partial charge >= 0.3 is 6.18 Å². The Morgan fingerprint density at radius 3 is 2.48 bits per heavy atom. The minimum atomic E-state index is -4.51. The monoisotopic (exact) mass is 341 g/mol. The molecule has 3 fully saturated rings. The maximum Gasteiger partial charge on any atom is 0.416 e. The second-order valence-corrected chi connectivity index (χ2v) is 7.24. The maximum atomic E-state index is 12.9. The molecule has 23 heavy (non-hydrogen) atoms. The van der Waals surface area contributed by atoms with Crippen molar-refractivity contribution in [3.8, 4) is 0 Å². The molecule has 0 spiro atoms. The summed E-state index contributed by atoms with van der Waals surface area (Å²) in [5, 5.41) is 0.0967. The highest BCUT2D eigenvalue weighted by Gasteiger charge is 2.63. The van der Waals surface area contributed by atoms with E-state index in [4.69, 9.17) is 0 Å². The van der Waals surface area contributed by atoms with Crippen molar-refractivity contribution in [2.75, 3.05) is 4.90 Å². The van der Waals surface area contributed by atoms with Gasteiger partial charge in [0.2, 0.25) is 11.8 Å². The van der Waals surface area contributed by atoms with Gasteiger partial charge in [-0.2, -0.15) is 25.8 Å². The highest BCUT2D eigenvalue weighted by Crippen LogP contribution is 2.58. The number of thiol groups is 1. The molecule has 1 aliphatic heterocycles. The second-order valence-electron chi connectivity index (χ2n) is 6.57. The first kappa shape index (κ1) is 15.1. The van der Waals surface area contributed by atoms with Crippen LogP contribution in [0.3, 0.4) is 0 Å². The number of fused-ring (bicyclic) bond motifs is 5. The largest absolute Gasteiger partial charge is 0.416 e. The molecule has 2 saturated carbocycles. The quantitative estimate of drug-likeness (QED) is 0.629. The van der Waals surface area contributed by atoms with E-state index in [1.54, 1.807) is 0 Å². The number of imide groups is 1. The van der Waals surface area contributed by atoms with Gasteiger partial charge in [0.15, 0.2) is 0 Å². The van der Waals surface area contributed by atoms with Crippen LogP contribution in [0.4, 0.5) is 18.9 Å². The van der Waals surface area contributed by atoms with E-state index in [0.717, 1.165) is 29.9 Å². The molecule has 4 rings (SSSR count). The van der Waals surface area contributed by atoms with Crippen LogP contribution in [0.1, 0.15) is 18.4 Å². The molecule has 2 amide bonds. The van der Waals surface area contributed by atoms with Crippen LogP contribution in [0.5, 0.6) is 0 Å². The molecular weight excluding hydrogens is 327 g/mol. The van der Waals surface area contributed by atoms with Gasteiger partial charge in [0, 0.05) is 5.25 Å². The predicted molar refractivity (Wildman–Crippen MR) is 79.9 cm³/mol. The molecule has 0 unspecified atom stereocenters. The number of carbonyl (C=O) groups excluding carboxylic acids is 2. The number of rotatable bonds is 1. The number of carbonyl (C=O) groups is 2. The number of benzene rings is 1. The summed E-state index contributed by atoms with van der Waals surface area (Å²) in [6, 6.07) is 4.41. The van der Waals surface area contributed by atoms with Gasteiger partial charge in [0.05, 0.1) is 23.1 Å². The minimum absolute atomic E-state index is 0.0133. The van der Waals surface area contributed by atoms with Crippen LogP contribution in [0, 0.1) is 23.7 Å². The Kier molecular flexibility index (Phi) is 3.11. The average Bonchev–Trinajstić information content (AvgIpc) is 3.10. The molecule has 5 atom stereocenters. The van der Waals surface area contributed by atoms with Crippen LogP contribution >= 0.6 is 12.6 Å². The molecule has 0 radical (unpaired) electrons. The first-order chi connectivity index (χ1) is 10.8. The minimum Gasteiger partial charge on any atom is -0.274 e. The van der Waals surface area contributed by atoms with Crippen molar-refractivity contribution in [1.29, 1.82) is 0 Å². The highest BCUT2D eigenvalue weighted by molar-refractivity contribution is 7.81. The summed E-state index contributed by atoms with van der Waals surface area (Å²) in [6.45, 7) is 0. The van der Waals surface area contributed by atoms with E-state index >= 15 is 0 Å². The fraction of sp³-hybridized carbons (Fsp3) is 0.500. The van der Waals surface area contributed by atoms with Gasteiger partial charge in [-0.15, -0.1) is 0 Å². The number of hydrogen-bond acceptors (Lipinski definition) is 3. The third kappa shape index (κ3) is 2.05. The fourth-order valence-electron chi connectivity index (χ4n) is 4.50. The van der Waals surface area contributed by atoms with Gasteiger partial charge in [-0.05, 0) is 42.9 Å². The highest BCUT2D eigenvalue weighted by atomic mass is 32.1. The molecule has 3 nitrogen and oxygen atoms in total. The first-order valence-corrected chi connectivity index (χ1v) is 8.04. The van der Waals surface area contributed by atoms with Crippen molar-refractivity contribution < 1.29 is 22.8 Å². The molecule has 3 aliphatic rings. The molecule has 0 aromatic heterocycles. The Bertz CT molecular complexity index is 705. The molecular formula is C16H14F3NO2S. The Hall–Kier alpha value is -1.50. The molecule has 1 aromatic rings. The van der Waals surface area contributed by atoms with Crippen molar-refractivity contribution in [2.45, 2.75) is 24.3 Å². The standard InChI is InChI=1S/C16H14F3NO2S/c17-16(18,19)8-2-1-3-9(6-8)20-14(21)12-7-4-10(11(23)5-7)13(12)15(20)22/h1-3,6-7,10-13,23H,4-5H2/t7-,10+,11+,12+,13-/m0/s1. The summed E-state index contributed by atoms with van der Waals surface area (Å²) in [4.78, 5) is 26.3. The van der Waals surface area contributed by atoms with Gasteiger partial charge in [0.25, 0.3) is 0 Å². The SMILES string of the molecule is O=C1[C@@H]2[C@H]3C[C@@H]([C@@H]2C(=O)N1c1cccc(C(F)(F)F)c1)[C@H](S)C3. The van der Waals surface area contributed by atoms with E-state index in [1.807, 2.05) is 0 Å². The van der Waals surface area contributed by atoms with E-state index in [9.17, 15) is 22.8 Å². The molecule has 1 aromatic carbocycles. The summed E-state index contributed by atoms with van der Waals surface area (Å²) < 4.78 is 38.6. The molecule has 2 bridgehead atoms. The number of amides is 2. The van der Waals surface area contributed by atoms with Gasteiger partial charge in [-0.3, -0.25) is 14.5 Å². The number of hydrogen-bond donors (Lipinski definition) is 1. The summed E-state index contributed by atoms with van der Waals surface area (Å²) >= 11 is 4.49. The van der Waals surface area contributed by atoms with Crippen molar-refractivity contribution >= 4 is 30.1 Å². The van der Waals surface area contributed by atoms with Crippen LogP contribution in [0.2, 0.25) is 0 Å². The summed E-state index contributed by atoms with van der Waals surface area (Å²) in [5.41, 5.74) is -0.845. The normalized spacial score (nSPS) is 36.0. The van der Waals surface area contributed by atoms with E-state index in [2.05, 4.69) is 12.6 Å². The van der Waals surface area contributed by atoms with E-state index < -0.39 is 17.7 Å². The van der Waals surface area contributed by atoms with Crippen molar-refractivity contribution in [3.63, 3.8) is 0 Å². The lowest BCUT2D eigenvalue weighted by molar-refractivity contribution is -0.137. The molecule has 2 aliphatic carbocycles. The van der Waals surface area contributed by atoms with Gasteiger partial charge in [-0.1, -0.05) is 6.07 Å². The summed E-state index contributed by atoms with van der Waals surface area (Å²) in [7, 11) is 0. The number of halogens is 3. The van der Waals surface area contributed by atoms with Crippen LogP contribution in [-0.2, 0) is 15.8 Å². The van der Waals surface area contributed by atoms with E-state index in [1.165, 1.54) is 12.1 Å². The summed E-state index contributed by atoms with van der Waals surface area (Å²) in [5.74, 6) is -1.35. The van der Waals surface area contributed by atoms with Gasteiger partial charge in [-0.25, -0.2) is 0 Å². The summed E-state index contributed by atoms with van der Waals surface area (Å²) in [6.07, 6.45) is -2.89. The van der Waals surface area contributed by atoms with E-state index in [-0.39, 0.29) is 40.5 Å². The Morgan fingerprint density at radius 2 is 1.78 bits per heavy atom. The number of alkyl halides is 3. The lowest BCUT2D eigenvalue weighted by atomic mass is 9.81. The third-order valence-corrected chi connectivity index (χ3v) is 6.01. The fourth-order valence-corrected chi connectivity index (χ4v) is 5.08. The Balaban J connectivity index is 1.72. The van der Waals surface area contributed by atoms with Gasteiger partial charge in [0.1, 0.15) is 0 Å². The zero-order valence-electron chi connectivity index (χ0n) is 12.0. The molecule has 1 heterocycles. The van der Waals surface area contributed by atoms with E-state index in [0.29, 0.717) is 0 Å². The lowest BCUT2D eigenvalue weighted by Crippen LogP contribution is -2.33. The van der Waals surface area contributed by atoms with Crippen molar-refractivity contribution in [3.05, 3.63) is 29.8 Å². The van der Waals surface area contributed by atoms with Crippen molar-refractivity contribution in [1.82, 2.24) is 0 Å². The Labute approximate surface area is 136 Å². The second kappa shape index (κ2) is 4.75. The molecule has 1 saturated heterocycles. The van der Waals surface area contributed by atoms with Crippen LogP contribution in [-0.4, -0.2) is 17.1 Å². The first-order valence-electron chi connectivity index (χ1n) is 7.52. The van der Waals surface area contributed by atoms with Gasteiger partial charge < -0.3 is 0 Å². The lowest BCUT2D eigenvalue weighted by Gasteiger charge is -2.24. The molecule has 0 N–H and O–H groups in total. The number of nitrogens with zero attached hydrogens (tertiary/aromatic N) is 1. The topological polar surface area (TPSA) is 37.4 Å². The predicted octanol–water partition coefficient (Wildman–Crippen LogP) is 3.15. The third-order valence-electron chi connectivity index (χ3n) is 5.41. The Morgan fingerprint density at radius 1 is 1.09 bits per heavy atom. The smallest absolute Gasteiger partial charge is 0.274 e. The zero-order chi connectivity index (χ0) is 16.5. The number of anilines is 1. The van der Waals surface area contributed by atoms with Crippen molar-refractivity contribution in [2.24, 2.45) is 23.7 Å². The van der Waals surface area contributed by atoms with Crippen LogP contribution < -0.4 is 4.90 Å². The average molecular weight is 341 g/mol. The molecule has 7 heteroatoms. The molecule has 122 valence electrons. The maximum absolute atomic E-state index is 12.9. The van der Waals surface area contributed by atoms with Crippen LogP contribution in [0.15, 0.2) is 24.3 Å². The van der Waals surface area contributed by atoms with Crippen LogP contribution in [0.25, 0.3) is 0 Å². The zero-order valence-corrected chi connectivity index (χ0v) is 12.8.